The van der Waals surface area contributed by atoms with Crippen molar-refractivity contribution in [2.24, 2.45) is 11.8 Å². The number of nitrogens with zero attached hydrogens (tertiary/aromatic N) is 1. The number of halogens is 1. The molecule has 1 heterocycles. The van der Waals surface area contributed by atoms with E-state index in [0.717, 1.165) is 19.3 Å². The maximum atomic E-state index is 14.2. The Morgan fingerprint density at radius 3 is 2.71 bits per heavy atom. The second-order valence-corrected chi connectivity index (χ2v) is 10.6. The van der Waals surface area contributed by atoms with E-state index >= 15 is 0 Å². The molecule has 1 fully saturated rings. The second kappa shape index (κ2) is 11.8. The molecule has 0 radical (unpaired) electrons. The highest BCUT2D eigenvalue weighted by molar-refractivity contribution is 7.89. The van der Waals surface area contributed by atoms with Crippen LogP contribution in [0.1, 0.15) is 51.1 Å². The minimum absolute atomic E-state index is 0.0945. The predicted octanol–water partition coefficient (Wildman–Crippen LogP) is 2.54. The molecule has 1 saturated carbocycles. The van der Waals surface area contributed by atoms with Crippen molar-refractivity contribution in [2.75, 3.05) is 19.0 Å². The maximum absolute atomic E-state index is 14.2. The summed E-state index contributed by atoms with van der Waals surface area (Å²) in [6, 6.07) is 5.26. The van der Waals surface area contributed by atoms with Gasteiger partial charge in [-0.2, -0.15) is 0 Å². The minimum Gasteiger partial charge on any atom is -0.490 e. The first-order chi connectivity index (χ1) is 16.2. The van der Waals surface area contributed by atoms with Crippen LogP contribution in [-0.4, -0.2) is 36.9 Å². The first-order valence-corrected chi connectivity index (χ1v) is 13.1. The lowest BCUT2D eigenvalue weighted by atomic mass is 10.0. The van der Waals surface area contributed by atoms with Crippen molar-refractivity contribution in [1.82, 2.24) is 14.3 Å². The van der Waals surface area contributed by atoms with Crippen molar-refractivity contribution >= 4 is 10.0 Å². The van der Waals surface area contributed by atoms with Gasteiger partial charge in [0, 0.05) is 24.9 Å². The van der Waals surface area contributed by atoms with Crippen molar-refractivity contribution in [1.29, 1.82) is 0 Å². The first kappa shape index (κ1) is 26.1. The van der Waals surface area contributed by atoms with Gasteiger partial charge in [0.05, 0.1) is 12.4 Å². The highest BCUT2D eigenvalue weighted by atomic mass is 32.2. The lowest BCUT2D eigenvalue weighted by molar-refractivity contribution is 0.0744. The summed E-state index contributed by atoms with van der Waals surface area (Å²) < 4.78 is 54.6. The number of ether oxygens (including phenoxy) is 2. The summed E-state index contributed by atoms with van der Waals surface area (Å²) in [6.45, 7) is 4.47. The van der Waals surface area contributed by atoms with Crippen LogP contribution in [0, 0.1) is 17.7 Å². The Balaban J connectivity index is 1.55. The van der Waals surface area contributed by atoms with Gasteiger partial charge in [0.25, 0.3) is 5.56 Å². The molecule has 1 aromatic carbocycles. The van der Waals surface area contributed by atoms with Crippen LogP contribution in [-0.2, 0) is 21.5 Å². The molecule has 2 aromatic rings. The second-order valence-electron chi connectivity index (χ2n) is 8.74. The van der Waals surface area contributed by atoms with Crippen LogP contribution in [0.4, 0.5) is 4.39 Å². The highest BCUT2D eigenvalue weighted by Gasteiger charge is 2.35. The lowest BCUT2D eigenvalue weighted by Gasteiger charge is -2.20. The summed E-state index contributed by atoms with van der Waals surface area (Å²) in [6.07, 6.45) is 4.23. The number of rotatable bonds is 14. The molecule has 11 heteroatoms. The highest BCUT2D eigenvalue weighted by Crippen LogP contribution is 2.42. The van der Waals surface area contributed by atoms with Crippen molar-refractivity contribution < 1.29 is 22.3 Å². The van der Waals surface area contributed by atoms with E-state index in [2.05, 4.69) is 9.71 Å². The van der Waals surface area contributed by atoms with E-state index in [9.17, 15) is 22.4 Å². The Hall–Kier alpha value is -2.50. The SMILES string of the molecule is CCC(C)COc1cc([C@H](NS(=O)(=O)CCCOCn2ccc(=O)[nH]c2=O)C2CC2)ccc1F. The molecule has 9 nitrogen and oxygen atoms in total. The van der Waals surface area contributed by atoms with Crippen LogP contribution < -0.4 is 20.7 Å². The molecule has 0 bridgehead atoms. The summed E-state index contributed by atoms with van der Waals surface area (Å²) in [4.78, 5) is 24.8. The van der Waals surface area contributed by atoms with Crippen molar-refractivity contribution in [2.45, 2.75) is 52.3 Å². The topological polar surface area (TPSA) is 119 Å². The largest absolute Gasteiger partial charge is 0.490 e. The molecule has 1 aliphatic rings. The Kier molecular flexibility index (Phi) is 9.03. The Labute approximate surface area is 198 Å². The predicted molar refractivity (Wildman–Crippen MR) is 126 cm³/mol. The fourth-order valence-corrected chi connectivity index (χ4v) is 4.68. The zero-order valence-corrected chi connectivity index (χ0v) is 20.3. The first-order valence-electron chi connectivity index (χ1n) is 11.5. The Bertz CT molecular complexity index is 1180. The average molecular weight is 498 g/mol. The summed E-state index contributed by atoms with van der Waals surface area (Å²) in [5.74, 6) is -0.0523. The molecule has 0 amide bonds. The van der Waals surface area contributed by atoms with Gasteiger partial charge in [-0.1, -0.05) is 26.3 Å². The zero-order chi connectivity index (χ0) is 24.7. The summed E-state index contributed by atoms with van der Waals surface area (Å²) in [5.41, 5.74) is -0.417. The number of aromatic amines is 1. The van der Waals surface area contributed by atoms with Gasteiger partial charge in [-0.25, -0.2) is 22.3 Å². The van der Waals surface area contributed by atoms with Crippen LogP contribution in [0.3, 0.4) is 0 Å². The van der Waals surface area contributed by atoms with Crippen LogP contribution in [0.15, 0.2) is 40.1 Å². The molecule has 2 N–H and O–H groups in total. The summed E-state index contributed by atoms with van der Waals surface area (Å²) in [7, 11) is -3.63. The molecule has 34 heavy (non-hydrogen) atoms. The number of sulfonamides is 1. The number of nitrogens with one attached hydrogen (secondary N) is 2. The molecule has 1 aromatic heterocycles. The number of aromatic nitrogens is 2. The van der Waals surface area contributed by atoms with Crippen molar-refractivity contribution in [3.05, 3.63) is 62.7 Å². The Morgan fingerprint density at radius 1 is 1.26 bits per heavy atom. The number of H-pyrrole nitrogens is 1. The van der Waals surface area contributed by atoms with E-state index in [-0.39, 0.29) is 43.1 Å². The van der Waals surface area contributed by atoms with Crippen LogP contribution >= 0.6 is 0 Å². The fraction of sp³-hybridized carbons (Fsp3) is 0.565. The van der Waals surface area contributed by atoms with Gasteiger partial charge in [0.15, 0.2) is 11.6 Å². The molecular formula is C23H32FN3O6S. The number of benzene rings is 1. The maximum Gasteiger partial charge on any atom is 0.330 e. The minimum atomic E-state index is -3.63. The van der Waals surface area contributed by atoms with E-state index in [1.54, 1.807) is 12.1 Å². The van der Waals surface area contributed by atoms with E-state index in [1.807, 2.05) is 13.8 Å². The average Bonchev–Trinajstić information content (AvgIpc) is 3.63. The van der Waals surface area contributed by atoms with Gasteiger partial charge in [0.2, 0.25) is 10.0 Å². The van der Waals surface area contributed by atoms with Crippen LogP contribution in [0.25, 0.3) is 0 Å². The molecule has 1 aliphatic carbocycles. The lowest BCUT2D eigenvalue weighted by Crippen LogP contribution is -2.32. The molecule has 188 valence electrons. The molecule has 1 unspecified atom stereocenters. The molecular weight excluding hydrogens is 465 g/mol. The van der Waals surface area contributed by atoms with Gasteiger partial charge >= 0.3 is 5.69 Å². The quantitative estimate of drug-likeness (QED) is 0.387. The van der Waals surface area contributed by atoms with Crippen LogP contribution in [0.5, 0.6) is 5.75 Å². The monoisotopic (exact) mass is 497 g/mol. The number of hydrogen-bond acceptors (Lipinski definition) is 6. The van der Waals surface area contributed by atoms with E-state index < -0.39 is 33.1 Å². The molecule has 0 spiro atoms. The zero-order valence-electron chi connectivity index (χ0n) is 19.5. The Morgan fingerprint density at radius 2 is 2.03 bits per heavy atom. The third kappa shape index (κ3) is 7.78. The van der Waals surface area contributed by atoms with Crippen molar-refractivity contribution in [3.63, 3.8) is 0 Å². The third-order valence-electron chi connectivity index (χ3n) is 5.76. The normalized spacial score (nSPS) is 15.7. The van der Waals surface area contributed by atoms with Gasteiger partial charge in [-0.15, -0.1) is 0 Å². The standard InChI is InChI=1S/C23H32FN3O6S/c1-3-16(2)14-33-20-13-18(7-8-19(20)24)22(17-5-6-17)26-34(30,31)12-4-11-32-15-27-10-9-21(28)25-23(27)29/h7-10,13,16-17,22,26H,3-6,11-12,14-15H2,1-2H3,(H,25,28,29)/t16?,22-/m1/s1. The summed E-state index contributed by atoms with van der Waals surface area (Å²) >= 11 is 0. The third-order valence-corrected chi connectivity index (χ3v) is 7.20. The van der Waals surface area contributed by atoms with E-state index in [4.69, 9.17) is 9.47 Å². The number of hydrogen-bond donors (Lipinski definition) is 2. The van der Waals surface area contributed by atoms with Gasteiger partial charge in [0.1, 0.15) is 6.73 Å². The smallest absolute Gasteiger partial charge is 0.330 e. The van der Waals surface area contributed by atoms with Gasteiger partial charge in [-0.3, -0.25) is 14.3 Å². The molecule has 0 aliphatic heterocycles. The van der Waals surface area contributed by atoms with E-state index in [0.29, 0.717) is 12.2 Å². The molecule has 3 rings (SSSR count). The molecule has 0 saturated heterocycles. The van der Waals surface area contributed by atoms with Gasteiger partial charge < -0.3 is 9.47 Å². The van der Waals surface area contributed by atoms with Gasteiger partial charge in [-0.05, 0) is 48.8 Å². The summed E-state index contributed by atoms with van der Waals surface area (Å²) in [5, 5.41) is 0. The van der Waals surface area contributed by atoms with Crippen LogP contribution in [0.2, 0.25) is 0 Å². The van der Waals surface area contributed by atoms with E-state index in [1.165, 1.54) is 22.9 Å². The molecule has 2 atom stereocenters. The van der Waals surface area contributed by atoms with Crippen molar-refractivity contribution in [3.8, 4) is 5.75 Å². The fourth-order valence-electron chi connectivity index (χ4n) is 3.35.